The Balaban J connectivity index is 3.98. The third-order valence-corrected chi connectivity index (χ3v) is 18.0. The lowest BCUT2D eigenvalue weighted by Gasteiger charge is -2.26. The molecule has 0 heterocycles. The molecule has 91 heavy (non-hydrogen) atoms. The summed E-state index contributed by atoms with van der Waals surface area (Å²) in [6.07, 6.45) is 92.3. The van der Waals surface area contributed by atoms with Gasteiger partial charge in [-0.3, -0.25) is 9.59 Å². The lowest BCUT2D eigenvalue weighted by molar-refractivity contribution is -0.870. The van der Waals surface area contributed by atoms with Crippen LogP contribution < -0.4 is 5.11 Å². The highest BCUT2D eigenvalue weighted by Crippen LogP contribution is 2.19. The summed E-state index contributed by atoms with van der Waals surface area (Å²) in [4.78, 5) is 37.6. The van der Waals surface area contributed by atoms with E-state index in [0.29, 0.717) is 17.4 Å². The number of unbranched alkanes of at least 4 members (excludes halogenated alkanes) is 52. The number of hydrogen-bond acceptors (Lipinski definition) is 8. The minimum absolute atomic E-state index is 0.150. The molecule has 0 radical (unpaired) electrons. The minimum Gasteiger partial charge on any atom is -0.545 e. The van der Waals surface area contributed by atoms with E-state index in [1.54, 1.807) is 0 Å². The first-order valence-corrected chi connectivity index (χ1v) is 39.8. The molecule has 9 nitrogen and oxygen atoms in total. The van der Waals surface area contributed by atoms with E-state index in [0.717, 1.165) is 51.4 Å². The molecule has 2 unspecified atom stereocenters. The summed E-state index contributed by atoms with van der Waals surface area (Å²) in [7, 11) is 5.95. The van der Waals surface area contributed by atoms with Gasteiger partial charge in [0.2, 0.25) is 0 Å². The fourth-order valence-corrected chi connectivity index (χ4v) is 12.0. The maximum atomic E-state index is 13.0. The smallest absolute Gasteiger partial charge is 0.306 e. The lowest BCUT2D eigenvalue weighted by Crippen LogP contribution is -2.44. The summed E-state index contributed by atoms with van der Waals surface area (Å²) in [5.74, 6) is -2.25. The van der Waals surface area contributed by atoms with E-state index in [4.69, 9.17) is 18.9 Å². The molecule has 0 aliphatic rings. The molecule has 0 fully saturated rings. The molecule has 0 rings (SSSR count). The predicted molar refractivity (Wildman–Crippen MR) is 389 cm³/mol. The van der Waals surface area contributed by atoms with Crippen molar-refractivity contribution in [2.24, 2.45) is 0 Å². The Morgan fingerprint density at radius 3 is 0.868 bits per heavy atom. The number of carboxylic acid groups (broad SMARTS) is 1. The van der Waals surface area contributed by atoms with Crippen molar-refractivity contribution in [3.63, 3.8) is 0 Å². The second-order valence-corrected chi connectivity index (χ2v) is 28.4. The summed E-state index contributed by atoms with van der Waals surface area (Å²) in [5, 5.41) is 11.9. The number of ether oxygens (including phenoxy) is 4. The van der Waals surface area contributed by atoms with Crippen LogP contribution in [-0.4, -0.2) is 82.3 Å². The van der Waals surface area contributed by atoms with Gasteiger partial charge in [0.05, 0.1) is 40.3 Å². The number of likely N-dealkylation sites (N-methyl/N-ethyl adjacent to an activating group) is 1. The van der Waals surface area contributed by atoms with Gasteiger partial charge in [0.1, 0.15) is 13.2 Å². The van der Waals surface area contributed by atoms with E-state index in [2.05, 4.69) is 62.5 Å². The van der Waals surface area contributed by atoms with E-state index in [1.807, 2.05) is 21.1 Å². The molecule has 0 aromatic carbocycles. The fourth-order valence-electron chi connectivity index (χ4n) is 12.0. The van der Waals surface area contributed by atoms with Gasteiger partial charge in [-0.05, 0) is 77.0 Å². The van der Waals surface area contributed by atoms with Gasteiger partial charge in [-0.2, -0.15) is 0 Å². The number of allylic oxidation sites excluding steroid dienone is 8. The zero-order valence-corrected chi connectivity index (χ0v) is 61.2. The quantitative estimate of drug-likeness (QED) is 0.0195. The molecule has 534 valence electrons. The second-order valence-electron chi connectivity index (χ2n) is 28.4. The summed E-state index contributed by atoms with van der Waals surface area (Å²) >= 11 is 0. The van der Waals surface area contributed by atoms with Crippen molar-refractivity contribution in [1.29, 1.82) is 0 Å². The van der Waals surface area contributed by atoms with Crippen LogP contribution in [0.3, 0.4) is 0 Å². The van der Waals surface area contributed by atoms with E-state index in [1.165, 1.54) is 321 Å². The number of carboxylic acids is 1. The van der Waals surface area contributed by atoms with Crippen LogP contribution >= 0.6 is 0 Å². The molecule has 0 N–H and O–H groups in total. The maximum absolute atomic E-state index is 13.0. The fraction of sp³-hybridized carbons (Fsp3) is 0.866. The number of esters is 2. The second kappa shape index (κ2) is 73.1. The Kier molecular flexibility index (Phi) is 70.9. The molecule has 0 spiro atoms. The summed E-state index contributed by atoms with van der Waals surface area (Å²) < 4.78 is 22.9. The number of quaternary nitrogens is 1. The van der Waals surface area contributed by atoms with Crippen LogP contribution in [0.15, 0.2) is 48.6 Å². The van der Waals surface area contributed by atoms with Crippen molar-refractivity contribution in [2.45, 2.75) is 411 Å². The zero-order valence-electron chi connectivity index (χ0n) is 61.2. The molecular formula is C82H153NO8. The van der Waals surface area contributed by atoms with Gasteiger partial charge >= 0.3 is 11.9 Å². The molecule has 0 aliphatic heterocycles. The van der Waals surface area contributed by atoms with Crippen LogP contribution in [0.1, 0.15) is 399 Å². The Morgan fingerprint density at radius 1 is 0.330 bits per heavy atom. The Morgan fingerprint density at radius 2 is 0.593 bits per heavy atom. The van der Waals surface area contributed by atoms with Gasteiger partial charge in [0.25, 0.3) is 0 Å². The number of hydrogen-bond donors (Lipinski definition) is 0. The molecule has 0 saturated carbocycles. The lowest BCUT2D eigenvalue weighted by atomic mass is 10.0. The van der Waals surface area contributed by atoms with Crippen LogP contribution in [0.25, 0.3) is 0 Å². The average molecular weight is 1280 g/mol. The third kappa shape index (κ3) is 74.5. The number of carbonyl (C=O) groups excluding carboxylic acids is 3. The summed E-state index contributed by atoms with van der Waals surface area (Å²) in [6.45, 7) is 4.80. The summed E-state index contributed by atoms with van der Waals surface area (Å²) in [6, 6.07) is 0. The van der Waals surface area contributed by atoms with E-state index >= 15 is 0 Å². The van der Waals surface area contributed by atoms with Crippen LogP contribution in [0.4, 0.5) is 0 Å². The highest BCUT2D eigenvalue weighted by atomic mass is 16.7. The van der Waals surface area contributed by atoms with Crippen molar-refractivity contribution in [3.8, 4) is 0 Å². The highest BCUT2D eigenvalue weighted by Gasteiger charge is 2.22. The maximum Gasteiger partial charge on any atom is 0.306 e. The Bertz CT molecular complexity index is 1630. The number of rotatable bonds is 75. The largest absolute Gasteiger partial charge is 0.545 e. The average Bonchev–Trinajstić information content (AvgIpc) is 3.63. The highest BCUT2D eigenvalue weighted by molar-refractivity contribution is 5.70. The molecular weight excluding hydrogens is 1130 g/mol. The zero-order chi connectivity index (χ0) is 66.1. The molecule has 0 aliphatic carbocycles. The van der Waals surface area contributed by atoms with Gasteiger partial charge in [-0.1, -0.05) is 358 Å². The van der Waals surface area contributed by atoms with Gasteiger partial charge in [-0.15, -0.1) is 0 Å². The molecule has 0 amide bonds. The van der Waals surface area contributed by atoms with Crippen molar-refractivity contribution >= 4 is 17.9 Å². The van der Waals surface area contributed by atoms with E-state index < -0.39 is 24.3 Å². The van der Waals surface area contributed by atoms with Crippen molar-refractivity contribution < 1.29 is 42.9 Å². The van der Waals surface area contributed by atoms with Crippen LogP contribution in [-0.2, 0) is 33.3 Å². The third-order valence-electron chi connectivity index (χ3n) is 18.0. The standard InChI is InChI=1S/C82H153NO8/c1-6-8-10-12-14-16-18-20-22-24-26-28-30-32-34-36-38-40-42-44-46-48-50-52-54-56-58-60-62-64-66-68-70-72-79(84)89-76-78(77-90-82(81(86)87)88-75-74-83(3,4)5)91-80(85)73-71-69-67-65-63-61-59-57-55-53-51-49-47-45-43-41-39-37-35-33-31-29-27-25-23-21-19-17-15-13-11-9-7-2/h18-21,24-27,78,82H,6-17,22-23,28-77H2,1-5H3/b20-18-,21-19-,26-24-,27-25-. The van der Waals surface area contributed by atoms with Gasteiger partial charge in [0.15, 0.2) is 12.4 Å². The Labute approximate surface area is 565 Å². The number of carbonyl (C=O) groups is 3. The number of nitrogens with zero attached hydrogens (tertiary/aromatic N) is 1. The van der Waals surface area contributed by atoms with Crippen LogP contribution in [0, 0.1) is 0 Å². The molecule has 0 bridgehead atoms. The molecule has 0 aromatic heterocycles. The first-order valence-electron chi connectivity index (χ1n) is 39.8. The first kappa shape index (κ1) is 88.2. The van der Waals surface area contributed by atoms with Gasteiger partial charge in [0, 0.05) is 12.8 Å². The molecule has 9 heteroatoms. The van der Waals surface area contributed by atoms with E-state index in [9.17, 15) is 19.5 Å². The van der Waals surface area contributed by atoms with Crippen LogP contribution in [0.5, 0.6) is 0 Å². The van der Waals surface area contributed by atoms with E-state index in [-0.39, 0.29) is 32.2 Å². The van der Waals surface area contributed by atoms with Gasteiger partial charge in [-0.25, -0.2) is 0 Å². The van der Waals surface area contributed by atoms with Crippen molar-refractivity contribution in [2.75, 3.05) is 47.5 Å². The molecule has 0 aromatic rings. The predicted octanol–water partition coefficient (Wildman–Crippen LogP) is 23.9. The SMILES string of the molecule is CCCCCCC/C=C\C/C=C\CCCCCCCCCCCCCCCCCCCCCCCC(=O)OCC(COC(OCC[N+](C)(C)C)C(=O)[O-])OC(=O)CCCCCCCCCCCCCCCCCCCCCCC/C=C\C/C=C\CCCCCCC. The van der Waals surface area contributed by atoms with Gasteiger partial charge < -0.3 is 33.3 Å². The number of aliphatic carboxylic acids is 1. The normalized spacial score (nSPS) is 12.8. The molecule has 0 saturated heterocycles. The van der Waals surface area contributed by atoms with Crippen molar-refractivity contribution in [3.05, 3.63) is 48.6 Å². The van der Waals surface area contributed by atoms with Crippen LogP contribution in [0.2, 0.25) is 0 Å². The van der Waals surface area contributed by atoms with Crippen molar-refractivity contribution in [1.82, 2.24) is 0 Å². The summed E-state index contributed by atoms with van der Waals surface area (Å²) in [5.41, 5.74) is 0. The Hall–Kier alpha value is -2.75. The topological polar surface area (TPSA) is 111 Å². The molecule has 2 atom stereocenters. The monoisotopic (exact) mass is 1280 g/mol. The minimum atomic E-state index is -1.62. The first-order chi connectivity index (χ1) is 44.6.